The van der Waals surface area contributed by atoms with Crippen molar-refractivity contribution in [2.45, 2.75) is 13.5 Å². The predicted molar refractivity (Wildman–Crippen MR) is 80.8 cm³/mol. The maximum atomic E-state index is 12.0. The van der Waals surface area contributed by atoms with E-state index in [1.807, 2.05) is 6.92 Å². The molecule has 0 fully saturated rings. The van der Waals surface area contributed by atoms with Crippen LogP contribution in [0, 0.1) is 0 Å². The normalized spacial score (nSPS) is 10.3. The third-order valence-electron chi connectivity index (χ3n) is 2.59. The molecule has 4 nitrogen and oxygen atoms in total. The highest BCUT2D eigenvalue weighted by molar-refractivity contribution is 7.18. The summed E-state index contributed by atoms with van der Waals surface area (Å²) < 4.78 is 5.96. The van der Waals surface area contributed by atoms with Crippen LogP contribution in [0.25, 0.3) is 0 Å². The maximum Gasteiger partial charge on any atom is 0.265 e. The molecule has 1 aromatic heterocycles. The van der Waals surface area contributed by atoms with Crippen LogP contribution >= 0.6 is 22.9 Å². The molecular weight excluding hydrogens is 298 g/mol. The van der Waals surface area contributed by atoms with Crippen LogP contribution in [0.5, 0.6) is 5.75 Å². The van der Waals surface area contributed by atoms with Gasteiger partial charge in [-0.2, -0.15) is 0 Å². The lowest BCUT2D eigenvalue weighted by Gasteiger charge is -2.11. The molecule has 0 aliphatic carbocycles. The van der Waals surface area contributed by atoms with Crippen LogP contribution in [0.1, 0.15) is 22.2 Å². The topological polar surface area (TPSA) is 58.6 Å². The molecule has 1 heterocycles. The molecule has 0 atom stereocenters. The van der Waals surface area contributed by atoms with E-state index in [9.17, 15) is 9.90 Å². The highest BCUT2D eigenvalue weighted by Gasteiger charge is 2.10. The number of hydrogen-bond donors (Lipinski definition) is 2. The number of ether oxygens (including phenoxy) is 1. The van der Waals surface area contributed by atoms with E-state index in [-0.39, 0.29) is 12.5 Å². The molecule has 20 heavy (non-hydrogen) atoms. The highest BCUT2D eigenvalue weighted by atomic mass is 35.5. The maximum absolute atomic E-state index is 12.0. The number of thiophene rings is 1. The second-order valence-electron chi connectivity index (χ2n) is 3.97. The van der Waals surface area contributed by atoms with Gasteiger partial charge in [0.1, 0.15) is 5.75 Å². The Morgan fingerprint density at radius 2 is 2.20 bits per heavy atom. The van der Waals surface area contributed by atoms with Crippen molar-refractivity contribution in [1.29, 1.82) is 0 Å². The number of carbonyl (C=O) groups excluding carboxylic acids is 1. The number of rotatable bonds is 5. The highest BCUT2D eigenvalue weighted by Crippen LogP contribution is 2.25. The average Bonchev–Trinajstić information content (AvgIpc) is 2.87. The Morgan fingerprint density at radius 3 is 2.80 bits per heavy atom. The first-order valence-electron chi connectivity index (χ1n) is 6.07. The molecule has 0 radical (unpaired) electrons. The fourth-order valence-corrected chi connectivity index (χ4v) is 2.64. The Labute approximate surface area is 126 Å². The second-order valence-corrected chi connectivity index (χ2v) is 5.69. The summed E-state index contributed by atoms with van der Waals surface area (Å²) in [7, 11) is 0. The number of halogens is 1. The summed E-state index contributed by atoms with van der Waals surface area (Å²) in [5.41, 5.74) is 1.24. The van der Waals surface area contributed by atoms with Crippen molar-refractivity contribution in [1.82, 2.24) is 0 Å². The van der Waals surface area contributed by atoms with E-state index >= 15 is 0 Å². The van der Waals surface area contributed by atoms with Crippen molar-refractivity contribution in [3.8, 4) is 5.75 Å². The summed E-state index contributed by atoms with van der Waals surface area (Å²) in [6.07, 6.45) is 0. The molecule has 1 amide bonds. The lowest BCUT2D eigenvalue weighted by atomic mass is 10.2. The van der Waals surface area contributed by atoms with Gasteiger partial charge in [-0.3, -0.25) is 4.79 Å². The van der Waals surface area contributed by atoms with Crippen LogP contribution in [-0.4, -0.2) is 17.6 Å². The molecule has 0 aliphatic rings. The fourth-order valence-electron chi connectivity index (χ4n) is 1.71. The van der Waals surface area contributed by atoms with E-state index in [4.69, 9.17) is 16.3 Å². The van der Waals surface area contributed by atoms with Crippen LogP contribution in [-0.2, 0) is 6.61 Å². The third-order valence-corrected chi connectivity index (χ3v) is 3.82. The molecule has 2 rings (SSSR count). The van der Waals surface area contributed by atoms with Crippen molar-refractivity contribution >= 4 is 34.5 Å². The van der Waals surface area contributed by atoms with Gasteiger partial charge in [0.15, 0.2) is 0 Å². The molecule has 2 aromatic rings. The van der Waals surface area contributed by atoms with Gasteiger partial charge in [0.05, 0.1) is 22.4 Å². The van der Waals surface area contributed by atoms with Gasteiger partial charge in [-0.15, -0.1) is 11.3 Å². The van der Waals surface area contributed by atoms with Crippen LogP contribution in [0.15, 0.2) is 30.3 Å². The van der Waals surface area contributed by atoms with Gasteiger partial charge in [0.25, 0.3) is 5.91 Å². The van der Waals surface area contributed by atoms with E-state index in [0.717, 1.165) is 0 Å². The summed E-state index contributed by atoms with van der Waals surface area (Å²) in [5.74, 6) is 0.391. The van der Waals surface area contributed by atoms with Crippen molar-refractivity contribution in [3.05, 3.63) is 45.1 Å². The number of anilines is 1. The van der Waals surface area contributed by atoms with Gasteiger partial charge in [-0.1, -0.05) is 11.6 Å². The van der Waals surface area contributed by atoms with Crippen LogP contribution < -0.4 is 10.1 Å². The van der Waals surface area contributed by atoms with E-state index in [1.165, 1.54) is 11.3 Å². The van der Waals surface area contributed by atoms with E-state index in [2.05, 4.69) is 5.32 Å². The van der Waals surface area contributed by atoms with Crippen LogP contribution in [0.4, 0.5) is 5.69 Å². The monoisotopic (exact) mass is 311 g/mol. The number of aliphatic hydroxyl groups excluding tert-OH is 1. The van der Waals surface area contributed by atoms with Crippen molar-refractivity contribution in [2.75, 3.05) is 11.9 Å². The molecule has 0 bridgehead atoms. The zero-order valence-electron chi connectivity index (χ0n) is 10.9. The van der Waals surface area contributed by atoms with Crippen LogP contribution in [0.3, 0.4) is 0 Å². The summed E-state index contributed by atoms with van der Waals surface area (Å²) in [4.78, 5) is 12.5. The van der Waals surface area contributed by atoms with Crippen LogP contribution in [0.2, 0.25) is 4.34 Å². The molecule has 2 N–H and O–H groups in total. The van der Waals surface area contributed by atoms with Gasteiger partial charge in [0, 0.05) is 11.3 Å². The lowest BCUT2D eigenvalue weighted by molar-refractivity contribution is 0.103. The summed E-state index contributed by atoms with van der Waals surface area (Å²) in [6.45, 7) is 2.24. The smallest absolute Gasteiger partial charge is 0.265 e. The first kappa shape index (κ1) is 14.8. The summed E-state index contributed by atoms with van der Waals surface area (Å²) in [6, 6.07) is 8.50. The zero-order chi connectivity index (χ0) is 14.5. The minimum absolute atomic E-state index is 0.149. The minimum atomic E-state index is -0.227. The molecule has 0 saturated heterocycles. The molecule has 0 aliphatic heterocycles. The van der Waals surface area contributed by atoms with Crippen molar-refractivity contribution < 1.29 is 14.6 Å². The Kier molecular flexibility index (Phi) is 5.00. The Morgan fingerprint density at radius 1 is 1.40 bits per heavy atom. The Balaban J connectivity index is 2.15. The molecular formula is C14H14ClNO3S. The molecule has 6 heteroatoms. The number of aliphatic hydroxyl groups is 1. The number of nitrogens with one attached hydrogen (secondary N) is 1. The van der Waals surface area contributed by atoms with Gasteiger partial charge in [-0.05, 0) is 37.3 Å². The van der Waals surface area contributed by atoms with Crippen molar-refractivity contribution in [3.63, 3.8) is 0 Å². The number of hydrogen-bond acceptors (Lipinski definition) is 4. The minimum Gasteiger partial charge on any atom is -0.494 e. The molecule has 106 valence electrons. The largest absolute Gasteiger partial charge is 0.494 e. The number of carbonyl (C=O) groups is 1. The molecule has 1 aromatic carbocycles. The lowest BCUT2D eigenvalue weighted by Crippen LogP contribution is -2.10. The standard InChI is InChI=1S/C14H14ClNO3S/c1-2-19-11-4-3-10(7-9(11)8-17)16-14(18)12-5-6-13(15)20-12/h3-7,17H,2,8H2,1H3,(H,16,18). The van der Waals surface area contributed by atoms with Gasteiger partial charge >= 0.3 is 0 Å². The van der Waals surface area contributed by atoms with Gasteiger partial charge in [0.2, 0.25) is 0 Å². The Bertz CT molecular complexity index is 612. The average molecular weight is 312 g/mol. The quantitative estimate of drug-likeness (QED) is 0.888. The SMILES string of the molecule is CCOc1ccc(NC(=O)c2ccc(Cl)s2)cc1CO. The van der Waals surface area contributed by atoms with E-state index in [1.54, 1.807) is 30.3 Å². The van der Waals surface area contributed by atoms with E-state index in [0.29, 0.717) is 32.8 Å². The zero-order valence-corrected chi connectivity index (χ0v) is 12.4. The predicted octanol–water partition coefficient (Wildman–Crippen LogP) is 3.54. The van der Waals surface area contributed by atoms with Gasteiger partial charge in [-0.25, -0.2) is 0 Å². The molecule has 0 saturated carbocycles. The Hall–Kier alpha value is -1.56. The fraction of sp³-hybridized carbons (Fsp3) is 0.214. The first-order valence-corrected chi connectivity index (χ1v) is 7.26. The number of benzene rings is 1. The first-order chi connectivity index (χ1) is 9.63. The summed E-state index contributed by atoms with van der Waals surface area (Å²) >= 11 is 7.02. The second kappa shape index (κ2) is 6.74. The van der Waals surface area contributed by atoms with E-state index < -0.39 is 0 Å². The molecule has 0 spiro atoms. The number of amides is 1. The van der Waals surface area contributed by atoms with Gasteiger partial charge < -0.3 is 15.2 Å². The summed E-state index contributed by atoms with van der Waals surface area (Å²) in [5, 5.41) is 12.1. The van der Waals surface area contributed by atoms with Crippen molar-refractivity contribution in [2.24, 2.45) is 0 Å². The third kappa shape index (κ3) is 3.50. The molecule has 0 unspecified atom stereocenters.